The second-order valence-electron chi connectivity index (χ2n) is 5.53. The topological polar surface area (TPSA) is 73.6 Å². The fourth-order valence-electron chi connectivity index (χ4n) is 2.18. The number of amides is 1. The van der Waals surface area contributed by atoms with Crippen molar-refractivity contribution >= 4 is 18.3 Å². The minimum atomic E-state index is -0.937. The molecule has 8 heteroatoms. The molecule has 5 nitrogen and oxygen atoms in total. The van der Waals surface area contributed by atoms with Gasteiger partial charge in [0.15, 0.2) is 11.6 Å². The zero-order valence-corrected chi connectivity index (χ0v) is 13.6. The Hall–Kier alpha value is -1.44. The summed E-state index contributed by atoms with van der Waals surface area (Å²) >= 11 is 0. The Bertz CT molecular complexity index is 539. The van der Waals surface area contributed by atoms with Crippen LogP contribution in [0.4, 0.5) is 8.78 Å². The molecule has 1 amide bonds. The molecule has 1 aromatic carbocycles. The smallest absolute Gasteiger partial charge is 0.240 e. The summed E-state index contributed by atoms with van der Waals surface area (Å²) in [5.74, 6) is -1.78. The van der Waals surface area contributed by atoms with E-state index in [0.29, 0.717) is 26.1 Å². The van der Waals surface area contributed by atoms with Gasteiger partial charge in [-0.05, 0) is 31.9 Å². The second kappa shape index (κ2) is 8.42. The van der Waals surface area contributed by atoms with E-state index in [0.717, 1.165) is 12.1 Å². The van der Waals surface area contributed by atoms with Crippen molar-refractivity contribution in [3.63, 3.8) is 0 Å². The molecule has 0 radical (unpaired) electrons. The molecular weight excluding hydrogens is 330 g/mol. The van der Waals surface area contributed by atoms with E-state index in [1.807, 2.05) is 0 Å². The Morgan fingerprint density at radius 2 is 2.09 bits per heavy atom. The van der Waals surface area contributed by atoms with Crippen LogP contribution < -0.4 is 15.8 Å². The van der Waals surface area contributed by atoms with Gasteiger partial charge in [-0.1, -0.05) is 0 Å². The normalized spacial score (nSPS) is 17.7. The molecule has 1 unspecified atom stereocenters. The molecule has 3 N–H and O–H groups in total. The average Bonchev–Trinajstić information content (AvgIpc) is 2.47. The Labute approximate surface area is 139 Å². The maximum atomic E-state index is 13.4. The van der Waals surface area contributed by atoms with E-state index in [9.17, 15) is 13.6 Å². The number of hydrogen-bond acceptors (Lipinski definition) is 4. The van der Waals surface area contributed by atoms with Crippen molar-refractivity contribution in [2.75, 3.05) is 19.8 Å². The molecule has 1 fully saturated rings. The van der Waals surface area contributed by atoms with Gasteiger partial charge in [-0.2, -0.15) is 0 Å². The van der Waals surface area contributed by atoms with Gasteiger partial charge in [-0.25, -0.2) is 8.78 Å². The lowest BCUT2D eigenvalue weighted by molar-refractivity contribution is -0.130. The van der Waals surface area contributed by atoms with Gasteiger partial charge < -0.3 is 20.5 Å². The van der Waals surface area contributed by atoms with Crippen molar-refractivity contribution < 1.29 is 23.0 Å². The van der Waals surface area contributed by atoms with E-state index in [-0.39, 0.29) is 36.7 Å². The van der Waals surface area contributed by atoms with Crippen molar-refractivity contribution in [2.45, 2.75) is 31.3 Å². The average molecular weight is 351 g/mol. The highest BCUT2D eigenvalue weighted by atomic mass is 35.5. The van der Waals surface area contributed by atoms with Crippen LogP contribution in [0.1, 0.15) is 19.8 Å². The molecule has 130 valence electrons. The van der Waals surface area contributed by atoms with E-state index >= 15 is 0 Å². The van der Waals surface area contributed by atoms with Crippen molar-refractivity contribution in [3.8, 4) is 5.75 Å². The van der Waals surface area contributed by atoms with Crippen molar-refractivity contribution in [2.24, 2.45) is 5.73 Å². The van der Waals surface area contributed by atoms with Gasteiger partial charge >= 0.3 is 0 Å². The van der Waals surface area contributed by atoms with Crippen LogP contribution in [0, 0.1) is 11.6 Å². The van der Waals surface area contributed by atoms with Crippen LogP contribution in [0.2, 0.25) is 0 Å². The standard InChI is InChI=1S/C15H20F2N2O3.ClH/c1-10(9-22-13-3-2-11(16)8-12(13)17)19-14(20)15(18)4-6-21-7-5-15;/h2-3,8,10H,4-7,9,18H2,1H3,(H,19,20);1H. The number of ether oxygens (including phenoxy) is 2. The van der Waals surface area contributed by atoms with Crippen molar-refractivity contribution in [1.82, 2.24) is 5.32 Å². The molecule has 23 heavy (non-hydrogen) atoms. The van der Waals surface area contributed by atoms with Gasteiger partial charge in [0.05, 0.1) is 11.6 Å². The Kier molecular flexibility index (Phi) is 7.18. The van der Waals surface area contributed by atoms with Crippen LogP contribution in [-0.4, -0.2) is 37.3 Å². The van der Waals surface area contributed by atoms with Gasteiger partial charge in [-0.3, -0.25) is 4.79 Å². The predicted octanol–water partition coefficient (Wildman–Crippen LogP) is 1.78. The van der Waals surface area contributed by atoms with Gasteiger partial charge in [0, 0.05) is 19.3 Å². The maximum Gasteiger partial charge on any atom is 0.240 e. The molecule has 2 rings (SSSR count). The first-order chi connectivity index (χ1) is 10.4. The first-order valence-corrected chi connectivity index (χ1v) is 7.16. The quantitative estimate of drug-likeness (QED) is 0.849. The van der Waals surface area contributed by atoms with Gasteiger partial charge in [-0.15, -0.1) is 12.4 Å². The Morgan fingerprint density at radius 1 is 1.43 bits per heavy atom. The number of halogens is 3. The number of nitrogens with two attached hydrogens (primary N) is 1. The Morgan fingerprint density at radius 3 is 2.70 bits per heavy atom. The molecule has 1 heterocycles. The first kappa shape index (κ1) is 19.6. The molecule has 0 bridgehead atoms. The van der Waals surface area contributed by atoms with E-state index in [1.54, 1.807) is 6.92 Å². The van der Waals surface area contributed by atoms with E-state index in [1.165, 1.54) is 6.07 Å². The minimum absolute atomic E-state index is 0. The number of rotatable bonds is 5. The summed E-state index contributed by atoms with van der Waals surface area (Å²) in [6.45, 7) is 2.69. The van der Waals surface area contributed by atoms with Crippen molar-refractivity contribution in [3.05, 3.63) is 29.8 Å². The van der Waals surface area contributed by atoms with Gasteiger partial charge in [0.25, 0.3) is 0 Å². The molecule has 0 spiro atoms. The highest BCUT2D eigenvalue weighted by Crippen LogP contribution is 2.19. The van der Waals surface area contributed by atoms with Crippen LogP contribution in [0.15, 0.2) is 18.2 Å². The lowest BCUT2D eigenvalue weighted by Crippen LogP contribution is -2.58. The third-order valence-electron chi connectivity index (χ3n) is 3.60. The van der Waals surface area contributed by atoms with Crippen molar-refractivity contribution in [1.29, 1.82) is 0 Å². The summed E-state index contributed by atoms with van der Waals surface area (Å²) in [6, 6.07) is 2.70. The molecule has 0 saturated carbocycles. The largest absolute Gasteiger partial charge is 0.488 e. The summed E-state index contributed by atoms with van der Waals surface area (Å²) in [5, 5.41) is 2.75. The molecule has 1 aromatic rings. The van der Waals surface area contributed by atoms with Gasteiger partial charge in [0.2, 0.25) is 5.91 Å². The summed E-state index contributed by atoms with van der Waals surface area (Å²) in [6.07, 6.45) is 0.915. The highest BCUT2D eigenvalue weighted by Gasteiger charge is 2.36. The van der Waals surface area contributed by atoms with Crippen LogP contribution in [0.3, 0.4) is 0 Å². The number of carbonyl (C=O) groups is 1. The lowest BCUT2D eigenvalue weighted by atomic mass is 9.90. The summed E-state index contributed by atoms with van der Waals surface area (Å²) in [7, 11) is 0. The monoisotopic (exact) mass is 350 g/mol. The van der Waals surface area contributed by atoms with Crippen LogP contribution >= 0.6 is 12.4 Å². The van der Waals surface area contributed by atoms with Gasteiger partial charge in [0.1, 0.15) is 12.4 Å². The molecule has 1 aliphatic heterocycles. The van der Waals surface area contributed by atoms with Crippen LogP contribution in [0.5, 0.6) is 5.75 Å². The molecule has 1 aliphatic rings. The van der Waals surface area contributed by atoms with Crippen LogP contribution in [-0.2, 0) is 9.53 Å². The fraction of sp³-hybridized carbons (Fsp3) is 0.533. The zero-order chi connectivity index (χ0) is 16.2. The fourth-order valence-corrected chi connectivity index (χ4v) is 2.18. The van der Waals surface area contributed by atoms with E-state index in [2.05, 4.69) is 5.32 Å². The zero-order valence-electron chi connectivity index (χ0n) is 12.8. The number of nitrogens with one attached hydrogen (secondary N) is 1. The highest BCUT2D eigenvalue weighted by molar-refractivity contribution is 5.86. The molecule has 0 aromatic heterocycles. The molecular formula is C15H21ClF2N2O3. The van der Waals surface area contributed by atoms with E-state index < -0.39 is 17.2 Å². The Balaban J connectivity index is 0.00000264. The third kappa shape index (κ3) is 5.30. The lowest BCUT2D eigenvalue weighted by Gasteiger charge is -2.32. The van der Waals surface area contributed by atoms with Crippen LogP contribution in [0.25, 0.3) is 0 Å². The second-order valence-corrected chi connectivity index (χ2v) is 5.53. The molecule has 1 saturated heterocycles. The molecule has 0 aliphatic carbocycles. The SMILES string of the molecule is CC(COc1ccc(F)cc1F)NC(=O)C1(N)CCOCC1.Cl. The number of benzene rings is 1. The molecule has 1 atom stereocenters. The van der Waals surface area contributed by atoms with E-state index in [4.69, 9.17) is 15.2 Å². The predicted molar refractivity (Wildman–Crippen MR) is 83.7 cm³/mol. The summed E-state index contributed by atoms with van der Waals surface area (Å²) in [5.41, 5.74) is 5.13. The summed E-state index contributed by atoms with van der Waals surface area (Å²) in [4.78, 5) is 12.2. The maximum absolute atomic E-state index is 13.4. The minimum Gasteiger partial charge on any atom is -0.488 e. The third-order valence-corrected chi connectivity index (χ3v) is 3.60. The first-order valence-electron chi connectivity index (χ1n) is 7.16. The summed E-state index contributed by atoms with van der Waals surface area (Å²) < 4.78 is 36.7. The number of carbonyl (C=O) groups excluding carboxylic acids is 1. The number of hydrogen-bond donors (Lipinski definition) is 2.